The number of carbonyl (C=O) groups is 3. The Bertz CT molecular complexity index is 3890. The van der Waals surface area contributed by atoms with Crippen LogP contribution in [0.2, 0.25) is 0 Å². The number of ether oxygens (including phenoxy) is 1. The minimum Gasteiger partial charge on any atom is -0.460 e. The van der Waals surface area contributed by atoms with Gasteiger partial charge in [-0.3, -0.25) is 14.4 Å². The van der Waals surface area contributed by atoms with E-state index in [2.05, 4.69) is 178 Å². The van der Waals surface area contributed by atoms with Gasteiger partial charge in [-0.25, -0.2) is 0 Å². The summed E-state index contributed by atoms with van der Waals surface area (Å²) >= 11 is 0. The second-order valence-corrected chi connectivity index (χ2v) is 21.3. The minimum atomic E-state index is -0.622. The smallest absolute Gasteiger partial charge is 0.312 e. The molecule has 0 aliphatic rings. The number of esters is 1. The topological polar surface area (TPSA) is 96.1 Å². The van der Waals surface area contributed by atoms with E-state index in [9.17, 15) is 14.4 Å². The number of benzene rings is 8. The first-order chi connectivity index (χ1) is 40.1. The van der Waals surface area contributed by atoms with Crippen molar-refractivity contribution < 1.29 is 39.2 Å². The summed E-state index contributed by atoms with van der Waals surface area (Å²) in [5, 5.41) is 4.76. The van der Waals surface area contributed by atoms with Crippen molar-refractivity contribution in [3.8, 4) is 45.0 Å². The number of carbonyl (C=O) groups excluding carboxylic acids is 3. The Morgan fingerprint density at radius 3 is 1.46 bits per heavy atom. The van der Waals surface area contributed by atoms with Crippen molar-refractivity contribution in [3.05, 3.63) is 255 Å². The van der Waals surface area contributed by atoms with Crippen LogP contribution < -0.4 is 0 Å². The molecule has 0 aliphatic carbocycles. The molecule has 8 aromatic carbocycles. The van der Waals surface area contributed by atoms with Gasteiger partial charge >= 0.3 is 5.97 Å². The maximum Gasteiger partial charge on any atom is 0.312 e. The molecule has 12 aromatic rings. The van der Waals surface area contributed by atoms with E-state index >= 15 is 0 Å². The molecule has 2 atom stereocenters. The quantitative estimate of drug-likeness (QED) is 0.0512. The molecular formula is C74H66IrN4O4-2. The van der Waals surface area contributed by atoms with Crippen molar-refractivity contribution in [2.75, 3.05) is 0 Å². The predicted octanol–water partition coefficient (Wildman–Crippen LogP) is 17.8. The first kappa shape index (κ1) is 58.8. The van der Waals surface area contributed by atoms with Gasteiger partial charge in [0.1, 0.15) is 18.2 Å². The molecule has 0 saturated heterocycles. The van der Waals surface area contributed by atoms with E-state index in [0.717, 1.165) is 85.2 Å². The third kappa shape index (κ3) is 14.1. The van der Waals surface area contributed by atoms with Gasteiger partial charge in [-0.1, -0.05) is 129 Å². The molecule has 0 N–H and O–H groups in total. The molecule has 9 heteroatoms. The molecule has 0 spiro atoms. The minimum absolute atomic E-state index is 0. The van der Waals surface area contributed by atoms with E-state index in [1.165, 1.54) is 28.7 Å². The first-order valence-electron chi connectivity index (χ1n) is 28.2. The zero-order chi connectivity index (χ0) is 56.8. The maximum atomic E-state index is 13.5. The van der Waals surface area contributed by atoms with E-state index in [1.807, 2.05) is 98.8 Å². The fourth-order valence-electron chi connectivity index (χ4n) is 10.9. The molecule has 4 aromatic heterocycles. The predicted molar refractivity (Wildman–Crippen MR) is 334 cm³/mol. The van der Waals surface area contributed by atoms with E-state index in [0.29, 0.717) is 19.3 Å². The molecule has 0 amide bonds. The molecule has 8 nitrogen and oxygen atoms in total. The van der Waals surface area contributed by atoms with Crippen LogP contribution in [0.15, 0.2) is 237 Å². The average Bonchev–Trinajstić information content (AvgIpc) is 3.79. The summed E-state index contributed by atoms with van der Waals surface area (Å²) in [7, 11) is 0. The van der Waals surface area contributed by atoms with E-state index in [-0.39, 0.29) is 56.6 Å². The zero-order valence-electron chi connectivity index (χ0n) is 47.3. The van der Waals surface area contributed by atoms with E-state index < -0.39 is 5.41 Å². The van der Waals surface area contributed by atoms with Crippen LogP contribution in [-0.4, -0.2) is 36.6 Å². The number of Topliss-reactive ketones (excluding diaryl/α,β-unsaturated/α-hetero) is 2. The standard InChI is InChI=1S/C52H50N2O4.2C11H8N.Ir/c1-5-52(4,33-35(2)13-12-14-42(56)31-36(3)55)51(57)58-34-37-21-30-50-46(32-37)45-17-8-11-20-49(45)54(50)41-28-24-39(25-29-41)38-22-26-40(27-23-38)53-47-18-9-6-15-43(47)44-16-7-10-19-48(44)53;2*1-2-6-10(7-3-1)11-8-4-5-9-12-11;/h6-11,15-30,32,35H,5,12-14,31,33-34H2,1-4H3;2*1-6,8-9H;/q;2*-1;. The van der Waals surface area contributed by atoms with Crippen molar-refractivity contribution in [1.29, 1.82) is 0 Å². The first-order valence-corrected chi connectivity index (χ1v) is 28.2. The largest absolute Gasteiger partial charge is 0.460 e. The van der Waals surface area contributed by atoms with Crippen molar-refractivity contribution >= 4 is 61.1 Å². The van der Waals surface area contributed by atoms with Crippen LogP contribution in [0.25, 0.3) is 88.6 Å². The van der Waals surface area contributed by atoms with Gasteiger partial charge in [-0.05, 0) is 134 Å². The number of hydrogen-bond donors (Lipinski definition) is 0. The average molecular weight is 1270 g/mol. The zero-order valence-corrected chi connectivity index (χ0v) is 49.7. The van der Waals surface area contributed by atoms with Crippen LogP contribution in [0, 0.1) is 23.5 Å². The van der Waals surface area contributed by atoms with Gasteiger partial charge in [0.15, 0.2) is 0 Å². The summed E-state index contributed by atoms with van der Waals surface area (Å²) in [6.07, 6.45) is 6.89. The fourth-order valence-corrected chi connectivity index (χ4v) is 10.9. The number of ketones is 2. The third-order valence-corrected chi connectivity index (χ3v) is 15.2. The third-order valence-electron chi connectivity index (χ3n) is 15.2. The SMILES string of the molecule is CCC(C)(CC(C)CCCC(=O)CC(C)=O)C(=O)OCc1ccc2c(c1)c1ccccc1n2-c1ccc(-c2ccc(-n3c4ccccc4c4ccccc43)cc2)cc1.[Ir].[c-]1ccccc1-c1ccccn1.[c-]1ccccc1-c1ccccn1. The Morgan fingerprint density at radius 1 is 0.554 bits per heavy atom. The summed E-state index contributed by atoms with van der Waals surface area (Å²) in [5.41, 5.74) is 13.5. The number of hydrogen-bond acceptors (Lipinski definition) is 6. The number of aromatic nitrogens is 4. The molecule has 417 valence electrons. The van der Waals surface area contributed by atoms with Crippen LogP contribution in [0.3, 0.4) is 0 Å². The molecule has 12 rings (SSSR count). The molecule has 0 fully saturated rings. The number of fused-ring (bicyclic) bond motifs is 6. The van der Waals surface area contributed by atoms with Gasteiger partial charge in [0, 0.05) is 71.8 Å². The van der Waals surface area contributed by atoms with Crippen LogP contribution in [0.1, 0.15) is 71.8 Å². The van der Waals surface area contributed by atoms with Gasteiger partial charge < -0.3 is 23.8 Å². The second kappa shape index (κ2) is 27.7. The number of nitrogens with zero attached hydrogens (tertiary/aromatic N) is 4. The molecule has 4 heterocycles. The number of rotatable bonds is 17. The fraction of sp³-hybridized carbons (Fsp3) is 0.176. The number of para-hydroxylation sites is 3. The maximum absolute atomic E-state index is 13.5. The molecular weight excluding hydrogens is 1200 g/mol. The second-order valence-electron chi connectivity index (χ2n) is 21.3. The van der Waals surface area contributed by atoms with Gasteiger partial charge in [0.2, 0.25) is 0 Å². The van der Waals surface area contributed by atoms with Crippen molar-refractivity contribution in [2.24, 2.45) is 11.3 Å². The van der Waals surface area contributed by atoms with Crippen molar-refractivity contribution in [3.63, 3.8) is 0 Å². The van der Waals surface area contributed by atoms with Crippen LogP contribution in [0.5, 0.6) is 0 Å². The molecule has 0 bridgehead atoms. The Hall–Kier alpha value is -8.88. The van der Waals surface area contributed by atoms with Crippen LogP contribution in [0.4, 0.5) is 0 Å². The molecule has 0 aliphatic heterocycles. The molecule has 83 heavy (non-hydrogen) atoms. The summed E-state index contributed by atoms with van der Waals surface area (Å²) in [5.74, 6) is -0.0512. The van der Waals surface area contributed by atoms with Gasteiger partial charge in [-0.2, -0.15) is 0 Å². The number of pyridine rings is 2. The Labute approximate surface area is 500 Å². The summed E-state index contributed by atoms with van der Waals surface area (Å²) in [4.78, 5) is 45.2. The molecule has 0 saturated carbocycles. The Balaban J connectivity index is 0.000000270. The van der Waals surface area contributed by atoms with Crippen molar-refractivity contribution in [2.45, 2.75) is 72.8 Å². The van der Waals surface area contributed by atoms with Crippen molar-refractivity contribution in [1.82, 2.24) is 19.1 Å². The van der Waals surface area contributed by atoms with Crippen LogP contribution >= 0.6 is 0 Å². The van der Waals surface area contributed by atoms with Gasteiger partial charge in [0.05, 0.1) is 33.9 Å². The van der Waals surface area contributed by atoms with Gasteiger partial charge in [0.25, 0.3) is 0 Å². The molecule has 1 radical (unpaired) electrons. The molecule has 2 unspecified atom stereocenters. The Morgan fingerprint density at radius 2 is 1.01 bits per heavy atom. The summed E-state index contributed by atoms with van der Waals surface area (Å²) in [6, 6.07) is 83.2. The monoisotopic (exact) mass is 1270 g/mol. The van der Waals surface area contributed by atoms with Crippen LogP contribution in [-0.2, 0) is 45.8 Å². The normalized spacial score (nSPS) is 12.0. The van der Waals surface area contributed by atoms with Gasteiger partial charge in [-0.15, -0.1) is 71.8 Å². The van der Waals surface area contributed by atoms with E-state index in [4.69, 9.17) is 4.74 Å². The van der Waals surface area contributed by atoms with E-state index in [1.54, 1.807) is 12.4 Å². The summed E-state index contributed by atoms with van der Waals surface area (Å²) in [6.45, 7) is 7.78. The Kier molecular flexibility index (Phi) is 19.6. The summed E-state index contributed by atoms with van der Waals surface area (Å²) < 4.78 is 10.7.